The van der Waals surface area contributed by atoms with Gasteiger partial charge in [0.05, 0.1) is 13.2 Å². The summed E-state index contributed by atoms with van der Waals surface area (Å²) in [6, 6.07) is 0. The van der Waals surface area contributed by atoms with Crippen LogP contribution in [0.2, 0.25) is 0 Å². The second-order valence-electron chi connectivity index (χ2n) is 18.7. The van der Waals surface area contributed by atoms with Gasteiger partial charge in [-0.25, -0.2) is 9.59 Å². The average Bonchev–Trinajstić information content (AvgIpc) is 3.05. The molecule has 2 aliphatic rings. The molecule has 0 radical (unpaired) electrons. The molecule has 0 aliphatic carbocycles. The third-order valence-electron chi connectivity index (χ3n) is 11.1. The Kier molecular flexibility index (Phi) is 22.4. The van der Waals surface area contributed by atoms with Crippen LogP contribution >= 0.6 is 0 Å². The van der Waals surface area contributed by atoms with E-state index in [1.807, 2.05) is 0 Å². The molecule has 54 heavy (non-hydrogen) atoms. The average molecular weight is 769 g/mol. The molecule has 0 aromatic heterocycles. The fourth-order valence-corrected chi connectivity index (χ4v) is 8.94. The van der Waals surface area contributed by atoms with Crippen LogP contribution in [-0.4, -0.2) is 83.2 Å². The molecular weight excluding hydrogens is 684 g/mol. The van der Waals surface area contributed by atoms with Crippen molar-refractivity contribution in [2.45, 2.75) is 245 Å². The molecule has 0 atom stereocenters. The van der Waals surface area contributed by atoms with Crippen LogP contribution < -0.4 is 0 Å². The van der Waals surface area contributed by atoms with Crippen molar-refractivity contribution >= 4 is 12.3 Å². The number of unbranched alkanes of at least 4 members (excludes halogenated alkanes) is 16. The fourth-order valence-electron chi connectivity index (χ4n) is 8.94. The molecule has 0 unspecified atom stereocenters. The largest absolute Gasteiger partial charge is 0.508 e. The molecule has 0 saturated carbocycles. The maximum absolute atomic E-state index is 12.6. The number of nitrogens with zero attached hydrogens (tertiary/aromatic N) is 2. The molecule has 0 spiro atoms. The zero-order valence-electron chi connectivity index (χ0n) is 36.7. The van der Waals surface area contributed by atoms with Crippen LogP contribution in [0.25, 0.3) is 0 Å². The van der Waals surface area contributed by atoms with Gasteiger partial charge in [-0.1, -0.05) is 117 Å². The highest BCUT2D eigenvalue weighted by Gasteiger charge is 2.49. The summed E-state index contributed by atoms with van der Waals surface area (Å²) in [6.45, 7) is 22.7. The monoisotopic (exact) mass is 769 g/mol. The highest BCUT2D eigenvalue weighted by atomic mass is 16.8. The first-order valence-corrected chi connectivity index (χ1v) is 22.1. The molecule has 0 amide bonds. The second-order valence-corrected chi connectivity index (χ2v) is 18.7. The van der Waals surface area contributed by atoms with E-state index in [1.54, 1.807) is 0 Å². The lowest BCUT2D eigenvalue weighted by atomic mass is 9.80. The van der Waals surface area contributed by atoms with Crippen LogP contribution in [0.1, 0.15) is 210 Å². The van der Waals surface area contributed by atoms with E-state index in [4.69, 9.17) is 28.6 Å². The van der Waals surface area contributed by atoms with E-state index < -0.39 is 12.3 Å². The zero-order valence-corrected chi connectivity index (χ0v) is 36.7. The van der Waals surface area contributed by atoms with Crippen LogP contribution in [0.3, 0.4) is 0 Å². The lowest BCUT2D eigenvalue weighted by Crippen LogP contribution is -2.62. The van der Waals surface area contributed by atoms with Crippen molar-refractivity contribution < 1.29 is 38.2 Å². The molecule has 318 valence electrons. The summed E-state index contributed by atoms with van der Waals surface area (Å²) < 4.78 is 22.1. The third kappa shape index (κ3) is 18.5. The van der Waals surface area contributed by atoms with Crippen LogP contribution in [-0.2, 0) is 28.6 Å². The Bertz CT molecular complexity index is 916. The van der Waals surface area contributed by atoms with Gasteiger partial charge in [0, 0.05) is 47.8 Å². The van der Waals surface area contributed by atoms with Crippen molar-refractivity contribution in [3.63, 3.8) is 0 Å². The second kappa shape index (κ2) is 24.9. The van der Waals surface area contributed by atoms with Gasteiger partial charge >= 0.3 is 12.3 Å². The summed E-state index contributed by atoms with van der Waals surface area (Å²) >= 11 is 0. The van der Waals surface area contributed by atoms with Crippen molar-refractivity contribution in [2.24, 2.45) is 0 Å². The topological polar surface area (TPSA) is 96.0 Å². The summed E-state index contributed by atoms with van der Waals surface area (Å²) in [6.07, 6.45) is 23.4. The van der Waals surface area contributed by atoms with Crippen LogP contribution in [0.15, 0.2) is 0 Å². The Labute approximate surface area is 331 Å². The molecule has 2 rings (SSSR count). The zero-order chi connectivity index (χ0) is 40.1. The van der Waals surface area contributed by atoms with Gasteiger partial charge in [0.15, 0.2) is 0 Å². The van der Waals surface area contributed by atoms with Crippen molar-refractivity contribution in [1.29, 1.82) is 0 Å². The Balaban J connectivity index is 1.64. The number of ether oxygens (including phenoxy) is 4. The summed E-state index contributed by atoms with van der Waals surface area (Å²) in [5.74, 6) is 0. The molecule has 0 N–H and O–H groups in total. The summed E-state index contributed by atoms with van der Waals surface area (Å²) in [5.41, 5.74) is -1.29. The van der Waals surface area contributed by atoms with Crippen LogP contribution in [0.5, 0.6) is 0 Å². The standard InChI is InChI=1S/C44H84N2O8/c1-11-13-15-17-19-21-23-25-27-29-51-45-41(3,4)33-37(34-42(45,5)6)53-39(47)49-31-32-50-40(48)54-38-35-43(7,8)46(44(9,10)36-38)52-30-28-26-24-22-20-18-16-14-12-2/h37-38H,11-36H2,1-10H3. The summed E-state index contributed by atoms with van der Waals surface area (Å²) in [5, 5.41) is 4.21. The van der Waals surface area contributed by atoms with Crippen molar-refractivity contribution in [2.75, 3.05) is 26.4 Å². The van der Waals surface area contributed by atoms with Gasteiger partial charge in [-0.05, 0) is 68.2 Å². The van der Waals surface area contributed by atoms with Crippen LogP contribution in [0.4, 0.5) is 9.59 Å². The lowest BCUT2D eigenvalue weighted by Gasteiger charge is -2.53. The van der Waals surface area contributed by atoms with Gasteiger partial charge in [0.2, 0.25) is 0 Å². The maximum atomic E-state index is 12.6. The number of hydrogen-bond acceptors (Lipinski definition) is 10. The van der Waals surface area contributed by atoms with Gasteiger partial charge in [-0.2, -0.15) is 10.1 Å². The highest BCUT2D eigenvalue weighted by Crippen LogP contribution is 2.41. The molecular formula is C44H84N2O8. The highest BCUT2D eigenvalue weighted by molar-refractivity contribution is 5.61. The normalized spacial score (nSPS) is 20.1. The van der Waals surface area contributed by atoms with Gasteiger partial charge < -0.3 is 18.9 Å². The number of carbonyl (C=O) groups excluding carboxylic acids is 2. The van der Waals surface area contributed by atoms with Crippen LogP contribution in [0, 0.1) is 0 Å². The molecule has 2 aliphatic heterocycles. The van der Waals surface area contributed by atoms with Gasteiger partial charge in [-0.15, -0.1) is 0 Å². The van der Waals surface area contributed by atoms with E-state index in [1.165, 1.54) is 103 Å². The number of hydrogen-bond donors (Lipinski definition) is 0. The number of piperidine rings is 2. The Morgan fingerprint density at radius 1 is 0.426 bits per heavy atom. The third-order valence-corrected chi connectivity index (χ3v) is 11.1. The molecule has 2 saturated heterocycles. The fraction of sp³-hybridized carbons (Fsp3) is 0.955. The first-order valence-electron chi connectivity index (χ1n) is 22.1. The van der Waals surface area contributed by atoms with E-state index in [2.05, 4.69) is 79.4 Å². The quantitative estimate of drug-likeness (QED) is 0.0593. The molecule has 10 heteroatoms. The Morgan fingerprint density at radius 3 is 0.963 bits per heavy atom. The summed E-state index contributed by atoms with van der Waals surface area (Å²) in [4.78, 5) is 37.9. The van der Waals surface area contributed by atoms with E-state index in [0.717, 1.165) is 12.8 Å². The van der Waals surface area contributed by atoms with Crippen molar-refractivity contribution in [3.05, 3.63) is 0 Å². The van der Waals surface area contributed by atoms with E-state index in [9.17, 15) is 9.59 Å². The van der Waals surface area contributed by atoms with E-state index in [0.29, 0.717) is 38.9 Å². The minimum Gasteiger partial charge on any atom is -0.431 e. The van der Waals surface area contributed by atoms with E-state index in [-0.39, 0.29) is 47.6 Å². The van der Waals surface area contributed by atoms with Crippen molar-refractivity contribution in [1.82, 2.24) is 10.1 Å². The Hall–Kier alpha value is -1.62. The smallest absolute Gasteiger partial charge is 0.431 e. The maximum Gasteiger partial charge on any atom is 0.508 e. The molecule has 0 aromatic rings. The molecule has 10 nitrogen and oxygen atoms in total. The number of hydroxylamine groups is 4. The first kappa shape index (κ1) is 48.5. The molecule has 2 fully saturated rings. The number of rotatable bonds is 27. The van der Waals surface area contributed by atoms with Gasteiger partial charge in [0.25, 0.3) is 0 Å². The van der Waals surface area contributed by atoms with Crippen molar-refractivity contribution in [3.8, 4) is 0 Å². The number of carbonyl (C=O) groups is 2. The predicted octanol–water partition coefficient (Wildman–Crippen LogP) is 12.3. The SMILES string of the molecule is CCCCCCCCCCCON1C(C)(C)CC(OC(=O)OCCOC(=O)OC2CC(C)(C)N(OCCCCCCCCCCC)C(C)(C)C2)CC1(C)C. The van der Waals surface area contributed by atoms with Gasteiger partial charge in [0.1, 0.15) is 25.4 Å². The first-order chi connectivity index (χ1) is 25.5. The lowest BCUT2D eigenvalue weighted by molar-refractivity contribution is -0.293. The Morgan fingerprint density at radius 2 is 0.685 bits per heavy atom. The molecule has 0 bridgehead atoms. The molecule has 0 aromatic carbocycles. The predicted molar refractivity (Wildman–Crippen MR) is 217 cm³/mol. The van der Waals surface area contributed by atoms with Gasteiger partial charge in [-0.3, -0.25) is 9.68 Å². The van der Waals surface area contributed by atoms with E-state index >= 15 is 0 Å². The minimum absolute atomic E-state index is 0.108. The molecule has 2 heterocycles. The minimum atomic E-state index is -0.758. The summed E-state index contributed by atoms with van der Waals surface area (Å²) in [7, 11) is 0.